The van der Waals surface area contributed by atoms with Crippen LogP contribution in [0, 0.1) is 5.92 Å². The Morgan fingerprint density at radius 2 is 2.05 bits per heavy atom. The Hall–Kier alpha value is -1.55. The van der Waals surface area contributed by atoms with Crippen molar-refractivity contribution in [1.82, 2.24) is 5.32 Å². The molecule has 1 aliphatic carbocycles. The summed E-state index contributed by atoms with van der Waals surface area (Å²) in [5.41, 5.74) is 5.57. The van der Waals surface area contributed by atoms with E-state index >= 15 is 0 Å². The molecule has 1 fully saturated rings. The molecule has 0 aromatic heterocycles. The number of ether oxygens (including phenoxy) is 1. The standard InChI is InChI=1S/C17H26N2O2/c1-17(2,21-14-8-4-3-5-9-14)12-19-16(20)11-13-7-6-10-15(13)18/h3-5,8-9,13,15H,6-7,10-12,18H2,1-2H3,(H,19,20)/t13-,15+/m0/s1. The van der Waals surface area contributed by atoms with Crippen molar-refractivity contribution in [2.45, 2.75) is 51.2 Å². The van der Waals surface area contributed by atoms with Gasteiger partial charge in [-0.15, -0.1) is 0 Å². The van der Waals surface area contributed by atoms with E-state index in [1.807, 2.05) is 44.2 Å². The average molecular weight is 290 g/mol. The van der Waals surface area contributed by atoms with Gasteiger partial charge in [-0.25, -0.2) is 0 Å². The van der Waals surface area contributed by atoms with Gasteiger partial charge in [-0.2, -0.15) is 0 Å². The Bertz CT molecular complexity index is 459. The molecule has 0 spiro atoms. The lowest BCUT2D eigenvalue weighted by molar-refractivity contribution is -0.122. The lowest BCUT2D eigenvalue weighted by Gasteiger charge is -2.27. The molecular weight excluding hydrogens is 264 g/mol. The summed E-state index contributed by atoms with van der Waals surface area (Å²) < 4.78 is 5.90. The third-order valence-corrected chi connectivity index (χ3v) is 4.01. The van der Waals surface area contributed by atoms with Gasteiger partial charge in [0.05, 0.1) is 6.54 Å². The van der Waals surface area contributed by atoms with Gasteiger partial charge in [-0.1, -0.05) is 24.6 Å². The molecule has 3 N–H and O–H groups in total. The fourth-order valence-electron chi connectivity index (χ4n) is 2.78. The van der Waals surface area contributed by atoms with Crippen LogP contribution in [0.15, 0.2) is 30.3 Å². The number of rotatable bonds is 6. The first-order valence-corrected chi connectivity index (χ1v) is 7.73. The van der Waals surface area contributed by atoms with E-state index in [0.717, 1.165) is 25.0 Å². The molecule has 4 heteroatoms. The van der Waals surface area contributed by atoms with Crippen LogP contribution in [0.25, 0.3) is 0 Å². The molecular formula is C17H26N2O2. The summed E-state index contributed by atoms with van der Waals surface area (Å²) in [6.45, 7) is 4.44. The zero-order valence-corrected chi connectivity index (χ0v) is 13.0. The third kappa shape index (κ3) is 5.05. The average Bonchev–Trinajstić information content (AvgIpc) is 2.83. The van der Waals surface area contributed by atoms with Crippen LogP contribution in [0.4, 0.5) is 0 Å². The molecule has 0 aliphatic heterocycles. The first-order chi connectivity index (χ1) is 9.96. The normalized spacial score (nSPS) is 22.0. The quantitative estimate of drug-likeness (QED) is 0.846. The number of para-hydroxylation sites is 1. The highest BCUT2D eigenvalue weighted by molar-refractivity contribution is 5.76. The second kappa shape index (κ2) is 6.94. The highest BCUT2D eigenvalue weighted by Crippen LogP contribution is 2.26. The molecule has 21 heavy (non-hydrogen) atoms. The van der Waals surface area contributed by atoms with E-state index in [4.69, 9.17) is 10.5 Å². The van der Waals surface area contributed by atoms with Crippen molar-refractivity contribution in [1.29, 1.82) is 0 Å². The number of hydrogen-bond acceptors (Lipinski definition) is 3. The monoisotopic (exact) mass is 290 g/mol. The van der Waals surface area contributed by atoms with Crippen LogP contribution in [0.2, 0.25) is 0 Å². The van der Waals surface area contributed by atoms with Gasteiger partial charge in [0, 0.05) is 12.5 Å². The second-order valence-corrected chi connectivity index (χ2v) is 6.51. The molecule has 1 aliphatic rings. The van der Waals surface area contributed by atoms with Gasteiger partial charge in [-0.05, 0) is 44.7 Å². The first-order valence-electron chi connectivity index (χ1n) is 7.73. The molecule has 2 rings (SSSR count). The van der Waals surface area contributed by atoms with Gasteiger partial charge < -0.3 is 15.8 Å². The molecule has 116 valence electrons. The maximum absolute atomic E-state index is 12.0. The fourth-order valence-corrected chi connectivity index (χ4v) is 2.78. The number of carbonyl (C=O) groups excluding carboxylic acids is 1. The maximum atomic E-state index is 12.0. The van der Waals surface area contributed by atoms with E-state index in [1.165, 1.54) is 0 Å². The van der Waals surface area contributed by atoms with E-state index in [0.29, 0.717) is 18.9 Å². The minimum absolute atomic E-state index is 0.0714. The minimum Gasteiger partial charge on any atom is -0.486 e. The topological polar surface area (TPSA) is 64.4 Å². The summed E-state index contributed by atoms with van der Waals surface area (Å²) in [6, 6.07) is 9.84. The molecule has 0 heterocycles. The molecule has 0 radical (unpaired) electrons. The molecule has 0 unspecified atom stereocenters. The van der Waals surface area contributed by atoms with Gasteiger partial charge in [0.15, 0.2) is 0 Å². The Morgan fingerprint density at radius 1 is 1.33 bits per heavy atom. The van der Waals surface area contributed by atoms with Crippen LogP contribution < -0.4 is 15.8 Å². The molecule has 4 nitrogen and oxygen atoms in total. The van der Waals surface area contributed by atoms with E-state index < -0.39 is 5.60 Å². The van der Waals surface area contributed by atoms with Crippen LogP contribution in [0.1, 0.15) is 39.5 Å². The van der Waals surface area contributed by atoms with Crippen LogP contribution in [-0.2, 0) is 4.79 Å². The molecule has 2 atom stereocenters. The highest BCUT2D eigenvalue weighted by Gasteiger charge is 2.27. The molecule has 1 amide bonds. The first kappa shape index (κ1) is 15.8. The summed E-state index contributed by atoms with van der Waals surface area (Å²) in [6.07, 6.45) is 3.78. The molecule has 1 aromatic carbocycles. The summed E-state index contributed by atoms with van der Waals surface area (Å²) in [5, 5.41) is 2.97. The smallest absolute Gasteiger partial charge is 0.220 e. The van der Waals surface area contributed by atoms with Crippen molar-refractivity contribution < 1.29 is 9.53 Å². The van der Waals surface area contributed by atoms with Crippen LogP contribution in [0.5, 0.6) is 5.75 Å². The fraction of sp³-hybridized carbons (Fsp3) is 0.588. The third-order valence-electron chi connectivity index (χ3n) is 4.01. The number of nitrogens with two attached hydrogens (primary N) is 1. The summed E-state index contributed by atoms with van der Waals surface area (Å²) in [4.78, 5) is 12.0. The summed E-state index contributed by atoms with van der Waals surface area (Å²) in [5.74, 6) is 1.22. The van der Waals surface area contributed by atoms with Gasteiger partial charge in [0.1, 0.15) is 11.4 Å². The molecule has 1 saturated carbocycles. The van der Waals surface area contributed by atoms with Crippen molar-refractivity contribution in [2.24, 2.45) is 11.7 Å². The van der Waals surface area contributed by atoms with Gasteiger partial charge in [0.25, 0.3) is 0 Å². The number of nitrogens with one attached hydrogen (secondary N) is 1. The molecule has 0 bridgehead atoms. The second-order valence-electron chi connectivity index (χ2n) is 6.51. The summed E-state index contributed by atoms with van der Waals surface area (Å²) in [7, 11) is 0. The number of carbonyl (C=O) groups is 1. The van der Waals surface area contributed by atoms with E-state index in [1.54, 1.807) is 0 Å². The maximum Gasteiger partial charge on any atom is 0.220 e. The number of hydrogen-bond donors (Lipinski definition) is 2. The van der Waals surface area contributed by atoms with E-state index in [9.17, 15) is 4.79 Å². The Morgan fingerprint density at radius 3 is 2.67 bits per heavy atom. The van der Waals surface area contributed by atoms with Crippen molar-refractivity contribution in [3.63, 3.8) is 0 Å². The van der Waals surface area contributed by atoms with Crippen LogP contribution in [0.3, 0.4) is 0 Å². The largest absolute Gasteiger partial charge is 0.486 e. The van der Waals surface area contributed by atoms with E-state index in [2.05, 4.69) is 5.32 Å². The Balaban J connectivity index is 1.77. The van der Waals surface area contributed by atoms with Crippen molar-refractivity contribution >= 4 is 5.91 Å². The predicted octanol–water partition coefficient (Wildman–Crippen LogP) is 2.48. The van der Waals surface area contributed by atoms with Crippen molar-refractivity contribution in [3.8, 4) is 5.75 Å². The van der Waals surface area contributed by atoms with Crippen LogP contribution in [-0.4, -0.2) is 24.1 Å². The predicted molar refractivity (Wildman–Crippen MR) is 84.1 cm³/mol. The molecule has 0 saturated heterocycles. The lowest BCUT2D eigenvalue weighted by atomic mass is 9.99. The van der Waals surface area contributed by atoms with Gasteiger partial charge in [0.2, 0.25) is 5.91 Å². The van der Waals surface area contributed by atoms with Gasteiger partial charge >= 0.3 is 0 Å². The van der Waals surface area contributed by atoms with Gasteiger partial charge in [-0.3, -0.25) is 4.79 Å². The SMILES string of the molecule is CC(C)(CNC(=O)C[C@@H]1CCC[C@H]1N)Oc1ccccc1. The Kier molecular flexibility index (Phi) is 5.23. The lowest BCUT2D eigenvalue weighted by Crippen LogP contribution is -2.43. The number of benzene rings is 1. The molecule has 1 aromatic rings. The zero-order chi connectivity index (χ0) is 15.3. The highest BCUT2D eigenvalue weighted by atomic mass is 16.5. The van der Waals surface area contributed by atoms with Crippen molar-refractivity contribution in [3.05, 3.63) is 30.3 Å². The minimum atomic E-state index is -0.436. The van der Waals surface area contributed by atoms with E-state index in [-0.39, 0.29) is 11.9 Å². The number of amides is 1. The zero-order valence-electron chi connectivity index (χ0n) is 13.0. The Labute approximate surface area is 127 Å². The summed E-state index contributed by atoms with van der Waals surface area (Å²) >= 11 is 0. The van der Waals surface area contributed by atoms with Crippen molar-refractivity contribution in [2.75, 3.05) is 6.54 Å². The van der Waals surface area contributed by atoms with Crippen LogP contribution >= 0.6 is 0 Å².